The second-order valence-electron chi connectivity index (χ2n) is 4.17. The Bertz CT molecular complexity index is 574. The van der Waals surface area contributed by atoms with Gasteiger partial charge in [0.2, 0.25) is 5.91 Å². The lowest BCUT2D eigenvalue weighted by Crippen LogP contribution is -2.18. The van der Waals surface area contributed by atoms with Gasteiger partial charge < -0.3 is 10.4 Å². The molecule has 0 bridgehead atoms. The second-order valence-corrected chi connectivity index (χ2v) is 4.17. The number of para-hydroxylation sites is 1. The van der Waals surface area contributed by atoms with Crippen molar-refractivity contribution in [1.82, 2.24) is 0 Å². The molecule has 0 spiro atoms. The summed E-state index contributed by atoms with van der Waals surface area (Å²) in [5.41, 5.74) is -1.10. The number of benzene rings is 1. The van der Waals surface area contributed by atoms with Gasteiger partial charge in [0.1, 0.15) is 0 Å². The molecule has 2 atom stereocenters. The summed E-state index contributed by atoms with van der Waals surface area (Å²) in [5.74, 6) is -4.33. The van der Waals surface area contributed by atoms with E-state index in [1.807, 2.05) is 0 Å². The highest BCUT2D eigenvalue weighted by atomic mass is 19.1. The number of hydrogen-bond donors (Lipinski definition) is 2. The maximum Gasteiger partial charge on any atom is 0.307 e. The molecule has 1 aromatic carbocycles. The van der Waals surface area contributed by atoms with Gasteiger partial charge in [0.25, 0.3) is 5.69 Å². The van der Waals surface area contributed by atoms with Crippen molar-refractivity contribution >= 4 is 23.3 Å². The van der Waals surface area contributed by atoms with Crippen LogP contribution in [0.4, 0.5) is 15.8 Å². The normalized spacial score (nSPS) is 20.7. The Labute approximate surface area is 106 Å². The summed E-state index contributed by atoms with van der Waals surface area (Å²) in [5, 5.41) is 21.5. The van der Waals surface area contributed by atoms with Crippen LogP contribution in [0.2, 0.25) is 0 Å². The van der Waals surface area contributed by atoms with E-state index in [0.717, 1.165) is 18.2 Å². The Morgan fingerprint density at radius 1 is 1.42 bits per heavy atom. The van der Waals surface area contributed by atoms with Gasteiger partial charge in [-0.2, -0.15) is 0 Å². The minimum Gasteiger partial charge on any atom is -0.481 e. The van der Waals surface area contributed by atoms with Crippen LogP contribution in [0.15, 0.2) is 18.2 Å². The van der Waals surface area contributed by atoms with E-state index in [4.69, 9.17) is 5.11 Å². The minimum absolute atomic E-state index is 0.156. The van der Waals surface area contributed by atoms with Crippen LogP contribution in [0.25, 0.3) is 0 Å². The number of nitrogens with one attached hydrogen (secondary N) is 1. The molecule has 100 valence electrons. The maximum atomic E-state index is 13.5. The SMILES string of the molecule is O=C(O)C1CC1C(=O)Nc1c(F)cccc1[N+](=O)[O-]. The fourth-order valence-electron chi connectivity index (χ4n) is 1.76. The average Bonchev–Trinajstić information content (AvgIpc) is 3.11. The predicted molar refractivity (Wildman–Crippen MR) is 60.9 cm³/mol. The number of rotatable bonds is 4. The van der Waals surface area contributed by atoms with E-state index >= 15 is 0 Å². The number of hydrogen-bond acceptors (Lipinski definition) is 4. The zero-order valence-corrected chi connectivity index (χ0v) is 9.50. The molecule has 0 aromatic heterocycles. The molecule has 2 N–H and O–H groups in total. The molecule has 2 rings (SSSR count). The van der Waals surface area contributed by atoms with E-state index in [2.05, 4.69) is 5.32 Å². The van der Waals surface area contributed by atoms with Crippen LogP contribution in [0, 0.1) is 27.8 Å². The molecule has 0 aliphatic heterocycles. The summed E-state index contributed by atoms with van der Waals surface area (Å²) in [6, 6.07) is 3.19. The molecule has 2 unspecified atom stereocenters. The molecule has 0 radical (unpaired) electrons. The topological polar surface area (TPSA) is 110 Å². The van der Waals surface area contributed by atoms with Crippen molar-refractivity contribution in [2.45, 2.75) is 6.42 Å². The molecule has 0 heterocycles. The van der Waals surface area contributed by atoms with Crippen LogP contribution >= 0.6 is 0 Å². The maximum absolute atomic E-state index is 13.5. The van der Waals surface area contributed by atoms with Gasteiger partial charge in [-0.05, 0) is 12.5 Å². The number of nitro groups is 1. The van der Waals surface area contributed by atoms with Gasteiger partial charge in [0.15, 0.2) is 11.5 Å². The fraction of sp³-hybridized carbons (Fsp3) is 0.273. The largest absolute Gasteiger partial charge is 0.481 e. The van der Waals surface area contributed by atoms with Crippen molar-refractivity contribution in [3.63, 3.8) is 0 Å². The third-order valence-corrected chi connectivity index (χ3v) is 2.88. The lowest BCUT2D eigenvalue weighted by atomic mass is 10.2. The van der Waals surface area contributed by atoms with E-state index in [1.54, 1.807) is 0 Å². The summed E-state index contributed by atoms with van der Waals surface area (Å²) in [4.78, 5) is 32.1. The molecule has 1 amide bonds. The lowest BCUT2D eigenvalue weighted by Gasteiger charge is -2.06. The fourth-order valence-corrected chi connectivity index (χ4v) is 1.76. The van der Waals surface area contributed by atoms with Crippen molar-refractivity contribution in [3.8, 4) is 0 Å². The lowest BCUT2D eigenvalue weighted by molar-refractivity contribution is -0.384. The van der Waals surface area contributed by atoms with Gasteiger partial charge in [-0.3, -0.25) is 19.7 Å². The summed E-state index contributed by atoms with van der Waals surface area (Å²) in [6.45, 7) is 0. The molecule has 1 aromatic rings. The average molecular weight is 268 g/mol. The van der Waals surface area contributed by atoms with Gasteiger partial charge in [0.05, 0.1) is 16.8 Å². The molecule has 1 saturated carbocycles. The van der Waals surface area contributed by atoms with Gasteiger partial charge >= 0.3 is 5.97 Å². The van der Waals surface area contributed by atoms with Crippen LogP contribution in [0.3, 0.4) is 0 Å². The quantitative estimate of drug-likeness (QED) is 0.633. The first-order valence-corrected chi connectivity index (χ1v) is 5.38. The molecule has 19 heavy (non-hydrogen) atoms. The zero-order valence-electron chi connectivity index (χ0n) is 9.50. The van der Waals surface area contributed by atoms with Crippen LogP contribution in [0.1, 0.15) is 6.42 Å². The number of nitrogens with zero attached hydrogens (tertiary/aromatic N) is 1. The number of amides is 1. The van der Waals surface area contributed by atoms with Gasteiger partial charge in [-0.1, -0.05) is 6.07 Å². The Balaban J connectivity index is 2.18. The molecule has 7 nitrogen and oxygen atoms in total. The highest BCUT2D eigenvalue weighted by Crippen LogP contribution is 2.40. The van der Waals surface area contributed by atoms with Gasteiger partial charge in [-0.25, -0.2) is 4.39 Å². The second kappa shape index (κ2) is 4.63. The van der Waals surface area contributed by atoms with E-state index in [-0.39, 0.29) is 6.42 Å². The Morgan fingerprint density at radius 3 is 2.63 bits per heavy atom. The van der Waals surface area contributed by atoms with Crippen LogP contribution in [-0.4, -0.2) is 21.9 Å². The van der Waals surface area contributed by atoms with Crippen LogP contribution in [0.5, 0.6) is 0 Å². The third kappa shape index (κ3) is 2.51. The zero-order chi connectivity index (χ0) is 14.2. The van der Waals surface area contributed by atoms with E-state index < -0.39 is 45.8 Å². The molecular weight excluding hydrogens is 259 g/mol. The summed E-state index contributed by atoms with van der Waals surface area (Å²) >= 11 is 0. The Hall–Kier alpha value is -2.51. The Morgan fingerprint density at radius 2 is 2.11 bits per heavy atom. The predicted octanol–water partition coefficient (Wildman–Crippen LogP) is 1.39. The summed E-state index contributed by atoms with van der Waals surface area (Å²) in [6.07, 6.45) is 0.156. The number of nitro benzene ring substituents is 1. The number of carbonyl (C=O) groups excluding carboxylic acids is 1. The van der Waals surface area contributed by atoms with Crippen molar-refractivity contribution in [1.29, 1.82) is 0 Å². The van der Waals surface area contributed by atoms with Crippen molar-refractivity contribution in [3.05, 3.63) is 34.1 Å². The Kier molecular flexibility index (Phi) is 3.16. The minimum atomic E-state index is -1.11. The molecular formula is C11H9FN2O5. The van der Waals surface area contributed by atoms with Crippen LogP contribution < -0.4 is 5.32 Å². The molecule has 0 saturated heterocycles. The van der Waals surface area contributed by atoms with Gasteiger partial charge in [0, 0.05) is 6.07 Å². The molecule has 1 fully saturated rings. The van der Waals surface area contributed by atoms with Crippen molar-refractivity contribution in [2.75, 3.05) is 5.32 Å². The van der Waals surface area contributed by atoms with Crippen molar-refractivity contribution in [2.24, 2.45) is 11.8 Å². The van der Waals surface area contributed by atoms with E-state index in [9.17, 15) is 24.1 Å². The molecule has 8 heteroatoms. The van der Waals surface area contributed by atoms with Gasteiger partial charge in [-0.15, -0.1) is 0 Å². The molecule has 1 aliphatic carbocycles. The highest BCUT2D eigenvalue weighted by molar-refractivity contribution is 5.99. The van der Waals surface area contributed by atoms with E-state index in [0.29, 0.717) is 0 Å². The summed E-state index contributed by atoms with van der Waals surface area (Å²) in [7, 11) is 0. The van der Waals surface area contributed by atoms with E-state index in [1.165, 1.54) is 0 Å². The first-order valence-electron chi connectivity index (χ1n) is 5.38. The summed E-state index contributed by atoms with van der Waals surface area (Å²) < 4.78 is 13.5. The number of carbonyl (C=O) groups is 2. The monoisotopic (exact) mass is 268 g/mol. The highest BCUT2D eigenvalue weighted by Gasteiger charge is 2.48. The van der Waals surface area contributed by atoms with Crippen molar-refractivity contribution < 1.29 is 24.0 Å². The number of aliphatic carboxylic acids is 1. The first-order chi connectivity index (χ1) is 8.91. The molecule has 1 aliphatic rings. The first kappa shape index (κ1) is 12.9. The van der Waals surface area contributed by atoms with Crippen LogP contribution in [-0.2, 0) is 9.59 Å². The standard InChI is InChI=1S/C11H9FN2O5/c12-7-2-1-3-8(14(18)19)9(7)13-10(15)5-4-6(5)11(16)17/h1-3,5-6H,4H2,(H,13,15)(H,16,17). The smallest absolute Gasteiger partial charge is 0.307 e. The number of halogens is 1. The number of carboxylic acid groups (broad SMARTS) is 1. The number of anilines is 1. The third-order valence-electron chi connectivity index (χ3n) is 2.88. The number of carboxylic acids is 1.